The third-order valence-electron chi connectivity index (χ3n) is 3.02. The zero-order valence-corrected chi connectivity index (χ0v) is 10.4. The first-order valence-corrected chi connectivity index (χ1v) is 5.88. The fraction of sp³-hybridized carbons (Fsp3) is 0.417. The van der Waals surface area contributed by atoms with Gasteiger partial charge in [-0.3, -0.25) is 4.79 Å². The van der Waals surface area contributed by atoms with Crippen molar-refractivity contribution in [3.63, 3.8) is 0 Å². The Morgan fingerprint density at radius 1 is 1.41 bits per heavy atom. The maximum absolute atomic E-state index is 11.7. The van der Waals surface area contributed by atoms with Crippen LogP contribution in [0.3, 0.4) is 0 Å². The van der Waals surface area contributed by atoms with E-state index in [1.807, 2.05) is 4.90 Å². The maximum Gasteiger partial charge on any atom is 0.241 e. The highest BCUT2D eigenvalue weighted by Crippen LogP contribution is 2.26. The third-order valence-corrected chi connectivity index (χ3v) is 3.25. The van der Waals surface area contributed by atoms with Gasteiger partial charge in [0.25, 0.3) is 0 Å². The largest absolute Gasteiger partial charge is 0.392 e. The third kappa shape index (κ3) is 2.53. The van der Waals surface area contributed by atoms with Gasteiger partial charge in [-0.1, -0.05) is 17.7 Å². The number of carbonyl (C=O) groups excluding carboxylic acids is 1. The number of likely N-dealkylation sites (N-methyl/N-ethyl adjacent to an activating group) is 1. The summed E-state index contributed by atoms with van der Waals surface area (Å²) in [5.41, 5.74) is 1.65. The Kier molecular flexibility index (Phi) is 3.54. The lowest BCUT2D eigenvalue weighted by Gasteiger charge is -2.34. The Hall–Kier alpha value is -1.26. The van der Waals surface area contributed by atoms with Crippen molar-refractivity contribution in [2.75, 3.05) is 31.6 Å². The van der Waals surface area contributed by atoms with Crippen molar-refractivity contribution in [3.05, 3.63) is 28.8 Å². The first-order chi connectivity index (χ1) is 8.11. The lowest BCUT2D eigenvalue weighted by molar-refractivity contribution is -0.129. The molecule has 1 fully saturated rings. The van der Waals surface area contributed by atoms with Crippen molar-refractivity contribution in [3.8, 4) is 0 Å². The van der Waals surface area contributed by atoms with E-state index >= 15 is 0 Å². The monoisotopic (exact) mass is 254 g/mol. The Balaban J connectivity index is 2.27. The molecule has 1 amide bonds. The van der Waals surface area contributed by atoms with E-state index in [-0.39, 0.29) is 12.5 Å². The number of rotatable bonds is 2. The second-order valence-electron chi connectivity index (χ2n) is 4.17. The molecule has 1 aromatic carbocycles. The van der Waals surface area contributed by atoms with Crippen molar-refractivity contribution < 1.29 is 9.90 Å². The van der Waals surface area contributed by atoms with E-state index < -0.39 is 0 Å². The van der Waals surface area contributed by atoms with Crippen LogP contribution < -0.4 is 4.90 Å². The molecule has 1 saturated heterocycles. The molecule has 5 heteroatoms. The zero-order chi connectivity index (χ0) is 12.4. The molecule has 0 aliphatic carbocycles. The van der Waals surface area contributed by atoms with Gasteiger partial charge >= 0.3 is 0 Å². The summed E-state index contributed by atoms with van der Waals surface area (Å²) < 4.78 is 0. The number of aliphatic hydroxyl groups is 1. The fourth-order valence-electron chi connectivity index (χ4n) is 1.93. The molecule has 1 N–H and O–H groups in total. The van der Waals surface area contributed by atoms with E-state index in [9.17, 15) is 9.90 Å². The number of hydrogen-bond acceptors (Lipinski definition) is 3. The van der Waals surface area contributed by atoms with Gasteiger partial charge in [0.2, 0.25) is 5.91 Å². The summed E-state index contributed by atoms with van der Waals surface area (Å²) in [6, 6.07) is 5.33. The van der Waals surface area contributed by atoms with Crippen LogP contribution in [0.25, 0.3) is 0 Å². The van der Waals surface area contributed by atoms with E-state index in [2.05, 4.69) is 0 Å². The first-order valence-electron chi connectivity index (χ1n) is 5.50. The summed E-state index contributed by atoms with van der Waals surface area (Å²) in [7, 11) is 1.80. The van der Waals surface area contributed by atoms with E-state index in [1.54, 1.807) is 30.1 Å². The van der Waals surface area contributed by atoms with Crippen molar-refractivity contribution in [1.29, 1.82) is 0 Å². The molecule has 1 aliphatic rings. The van der Waals surface area contributed by atoms with E-state index in [0.29, 0.717) is 18.1 Å². The predicted molar refractivity (Wildman–Crippen MR) is 67.2 cm³/mol. The molecule has 1 aliphatic heterocycles. The zero-order valence-electron chi connectivity index (χ0n) is 9.69. The number of carbonyl (C=O) groups is 1. The highest BCUT2D eigenvalue weighted by molar-refractivity contribution is 6.30. The van der Waals surface area contributed by atoms with Gasteiger partial charge < -0.3 is 14.9 Å². The fourth-order valence-corrected chi connectivity index (χ4v) is 2.10. The maximum atomic E-state index is 11.7. The van der Waals surface area contributed by atoms with E-state index in [4.69, 9.17) is 11.6 Å². The summed E-state index contributed by atoms with van der Waals surface area (Å²) in [5.74, 6) is 0.0834. The van der Waals surface area contributed by atoms with Gasteiger partial charge in [0.05, 0.1) is 13.2 Å². The summed E-state index contributed by atoms with van der Waals surface area (Å²) in [6.07, 6.45) is 0. The molecule has 0 bridgehead atoms. The summed E-state index contributed by atoms with van der Waals surface area (Å²) in [5, 5.41) is 9.91. The van der Waals surface area contributed by atoms with Crippen molar-refractivity contribution in [2.45, 2.75) is 6.61 Å². The molecule has 2 rings (SSSR count). The number of anilines is 1. The standard InChI is InChI=1S/C12H15ClN2O2/c1-14-4-5-15(7-12(14)17)11-6-10(13)3-2-9(11)8-16/h2-3,6,16H,4-5,7-8H2,1H3. The van der Waals surface area contributed by atoms with Crippen LogP contribution in [0.15, 0.2) is 18.2 Å². The van der Waals surface area contributed by atoms with Gasteiger partial charge in [-0.25, -0.2) is 0 Å². The topological polar surface area (TPSA) is 43.8 Å². The minimum Gasteiger partial charge on any atom is -0.392 e. The van der Waals surface area contributed by atoms with E-state index in [1.165, 1.54) is 0 Å². The molecule has 1 heterocycles. The van der Waals surface area contributed by atoms with Crippen LogP contribution in [-0.2, 0) is 11.4 Å². The van der Waals surface area contributed by atoms with Gasteiger partial charge in [-0.05, 0) is 12.1 Å². The minimum absolute atomic E-state index is 0.0486. The highest BCUT2D eigenvalue weighted by Gasteiger charge is 2.22. The molecule has 17 heavy (non-hydrogen) atoms. The molecule has 1 aromatic rings. The Morgan fingerprint density at radius 3 is 2.82 bits per heavy atom. The highest BCUT2D eigenvalue weighted by atomic mass is 35.5. The second kappa shape index (κ2) is 4.94. The Labute approximate surface area is 105 Å². The van der Waals surface area contributed by atoms with Crippen molar-refractivity contribution >= 4 is 23.2 Å². The quantitative estimate of drug-likeness (QED) is 0.860. The van der Waals surface area contributed by atoms with Gasteiger partial charge in [0.1, 0.15) is 0 Å². The van der Waals surface area contributed by atoms with E-state index in [0.717, 1.165) is 17.8 Å². The SMILES string of the molecule is CN1CCN(c2cc(Cl)ccc2CO)CC1=O. The summed E-state index contributed by atoms with van der Waals surface area (Å²) in [6.45, 7) is 1.74. The summed E-state index contributed by atoms with van der Waals surface area (Å²) in [4.78, 5) is 15.3. The van der Waals surface area contributed by atoms with Crippen LogP contribution >= 0.6 is 11.6 Å². The van der Waals surface area contributed by atoms with Crippen molar-refractivity contribution in [1.82, 2.24) is 4.90 Å². The molecular weight excluding hydrogens is 240 g/mol. The number of benzene rings is 1. The summed E-state index contributed by atoms with van der Waals surface area (Å²) >= 11 is 5.95. The lowest BCUT2D eigenvalue weighted by Crippen LogP contribution is -2.48. The van der Waals surface area contributed by atoms with Crippen LogP contribution in [-0.4, -0.2) is 42.6 Å². The average Bonchev–Trinajstić information content (AvgIpc) is 2.32. The molecule has 0 spiro atoms. The Morgan fingerprint density at radius 2 is 2.18 bits per heavy atom. The first kappa shape index (κ1) is 12.2. The normalized spacial score (nSPS) is 16.5. The number of hydrogen-bond donors (Lipinski definition) is 1. The molecule has 92 valence electrons. The Bertz CT molecular complexity index is 437. The number of amides is 1. The van der Waals surface area contributed by atoms with Crippen molar-refractivity contribution in [2.24, 2.45) is 0 Å². The molecule has 0 saturated carbocycles. The average molecular weight is 255 g/mol. The van der Waals surface area contributed by atoms with Crippen LogP contribution in [0.5, 0.6) is 0 Å². The number of nitrogens with zero attached hydrogens (tertiary/aromatic N) is 2. The minimum atomic E-state index is -0.0486. The van der Waals surface area contributed by atoms with Gasteiger partial charge in [-0.15, -0.1) is 0 Å². The molecule has 0 aromatic heterocycles. The molecule has 0 radical (unpaired) electrons. The smallest absolute Gasteiger partial charge is 0.241 e. The van der Waals surface area contributed by atoms with Gasteiger partial charge in [0.15, 0.2) is 0 Å². The van der Waals surface area contributed by atoms with Crippen LogP contribution in [0, 0.1) is 0 Å². The molecule has 0 atom stereocenters. The molecule has 0 unspecified atom stereocenters. The second-order valence-corrected chi connectivity index (χ2v) is 4.60. The molecular formula is C12H15ClN2O2. The van der Waals surface area contributed by atoms with Gasteiger partial charge in [-0.2, -0.15) is 0 Å². The van der Waals surface area contributed by atoms with Crippen LogP contribution in [0.4, 0.5) is 5.69 Å². The number of piperazine rings is 1. The number of aliphatic hydroxyl groups excluding tert-OH is 1. The molecule has 4 nitrogen and oxygen atoms in total. The predicted octanol–water partition coefficient (Wildman–Crippen LogP) is 1.11. The van der Waals surface area contributed by atoms with Crippen LogP contribution in [0.2, 0.25) is 5.02 Å². The lowest BCUT2D eigenvalue weighted by atomic mass is 10.1. The van der Waals surface area contributed by atoms with Gasteiger partial charge in [0, 0.05) is 36.4 Å². The number of halogens is 1. The van der Waals surface area contributed by atoms with Crippen LogP contribution in [0.1, 0.15) is 5.56 Å².